The minimum absolute atomic E-state index is 0.171. The van der Waals surface area contributed by atoms with Crippen molar-refractivity contribution in [2.24, 2.45) is 16.7 Å². The van der Waals surface area contributed by atoms with E-state index < -0.39 is 0 Å². The average Bonchev–Trinajstić information content (AvgIpc) is 2.16. The third kappa shape index (κ3) is 1.75. The van der Waals surface area contributed by atoms with Gasteiger partial charge in [-0.3, -0.25) is 0 Å². The van der Waals surface area contributed by atoms with Crippen molar-refractivity contribution in [2.45, 2.75) is 52.9 Å². The zero-order chi connectivity index (χ0) is 11.1. The summed E-state index contributed by atoms with van der Waals surface area (Å²) in [6.07, 6.45) is 8.66. The second-order valence-corrected chi connectivity index (χ2v) is 6.34. The molecule has 3 atom stereocenters. The second kappa shape index (κ2) is 3.62. The molecule has 0 aliphatic heterocycles. The highest BCUT2D eigenvalue weighted by Gasteiger charge is 2.48. The molecule has 1 N–H and O–H groups in total. The maximum Gasteiger partial charge on any atom is 0.0487 e. The van der Waals surface area contributed by atoms with E-state index in [1.165, 1.54) is 32.1 Å². The molecule has 2 aliphatic carbocycles. The molecule has 2 rings (SSSR count). The van der Waals surface area contributed by atoms with E-state index in [-0.39, 0.29) is 5.41 Å². The Kier molecular flexibility index (Phi) is 2.70. The lowest BCUT2D eigenvalue weighted by atomic mass is 9.52. The zero-order valence-electron chi connectivity index (χ0n) is 10.3. The summed E-state index contributed by atoms with van der Waals surface area (Å²) in [5.74, 6) is 0.687. The molecule has 0 spiro atoms. The fourth-order valence-electron chi connectivity index (χ4n) is 4.08. The molecule has 0 aromatic rings. The SMILES string of the molecule is CC1=CCC2[C@@](C)(CO)CCC[C@]2(C)C1. The van der Waals surface area contributed by atoms with Crippen molar-refractivity contribution in [1.29, 1.82) is 0 Å². The molecule has 0 amide bonds. The summed E-state index contributed by atoms with van der Waals surface area (Å²) >= 11 is 0. The lowest BCUT2D eigenvalue weighted by Gasteiger charge is -2.53. The second-order valence-electron chi connectivity index (χ2n) is 6.34. The van der Waals surface area contributed by atoms with Crippen LogP contribution in [0.1, 0.15) is 52.9 Å². The Balaban J connectivity index is 2.30. The Morgan fingerprint density at radius 3 is 2.80 bits per heavy atom. The van der Waals surface area contributed by atoms with Gasteiger partial charge in [-0.2, -0.15) is 0 Å². The minimum atomic E-state index is 0.171. The third-order valence-corrected chi connectivity index (χ3v) is 4.92. The van der Waals surface area contributed by atoms with E-state index in [1.807, 2.05) is 0 Å². The van der Waals surface area contributed by atoms with Gasteiger partial charge in [0, 0.05) is 6.61 Å². The van der Waals surface area contributed by atoms with E-state index in [1.54, 1.807) is 5.57 Å². The van der Waals surface area contributed by atoms with Crippen LogP contribution in [0.3, 0.4) is 0 Å². The van der Waals surface area contributed by atoms with Gasteiger partial charge in [0.15, 0.2) is 0 Å². The maximum absolute atomic E-state index is 9.65. The summed E-state index contributed by atoms with van der Waals surface area (Å²) in [6, 6.07) is 0. The van der Waals surface area contributed by atoms with Gasteiger partial charge in [-0.1, -0.05) is 31.9 Å². The van der Waals surface area contributed by atoms with Crippen LogP contribution in [-0.2, 0) is 0 Å². The van der Waals surface area contributed by atoms with Crippen LogP contribution in [0, 0.1) is 16.7 Å². The summed E-state index contributed by atoms with van der Waals surface area (Å²) in [4.78, 5) is 0. The molecule has 0 radical (unpaired) electrons. The number of fused-ring (bicyclic) bond motifs is 1. The highest BCUT2D eigenvalue weighted by molar-refractivity contribution is 5.13. The number of rotatable bonds is 1. The van der Waals surface area contributed by atoms with Crippen LogP contribution in [0.15, 0.2) is 11.6 Å². The van der Waals surface area contributed by atoms with Gasteiger partial charge >= 0.3 is 0 Å². The van der Waals surface area contributed by atoms with Gasteiger partial charge in [0.2, 0.25) is 0 Å². The number of hydrogen-bond donors (Lipinski definition) is 1. The lowest BCUT2D eigenvalue weighted by molar-refractivity contribution is -0.0478. The molecule has 1 unspecified atom stereocenters. The quantitative estimate of drug-likeness (QED) is 0.654. The summed E-state index contributed by atoms with van der Waals surface area (Å²) in [5, 5.41) is 9.65. The van der Waals surface area contributed by atoms with Crippen LogP contribution in [-0.4, -0.2) is 11.7 Å². The van der Waals surface area contributed by atoms with Crippen molar-refractivity contribution < 1.29 is 5.11 Å². The van der Waals surface area contributed by atoms with E-state index >= 15 is 0 Å². The molecule has 0 heterocycles. The largest absolute Gasteiger partial charge is 0.396 e. The number of allylic oxidation sites excluding steroid dienone is 2. The first kappa shape index (κ1) is 11.2. The Bertz CT molecular complexity index is 281. The molecule has 0 aromatic heterocycles. The van der Waals surface area contributed by atoms with Gasteiger partial charge in [-0.25, -0.2) is 0 Å². The molecule has 1 nitrogen and oxygen atoms in total. The third-order valence-electron chi connectivity index (χ3n) is 4.92. The molecular weight excluding hydrogens is 184 g/mol. The predicted molar refractivity (Wildman–Crippen MR) is 63.6 cm³/mol. The number of hydrogen-bond acceptors (Lipinski definition) is 1. The van der Waals surface area contributed by atoms with Gasteiger partial charge in [0.1, 0.15) is 0 Å². The van der Waals surface area contributed by atoms with Crippen LogP contribution in [0.25, 0.3) is 0 Å². The Hall–Kier alpha value is -0.300. The first-order valence-corrected chi connectivity index (χ1v) is 6.27. The van der Waals surface area contributed by atoms with Crippen molar-refractivity contribution in [3.05, 3.63) is 11.6 Å². The van der Waals surface area contributed by atoms with Crippen LogP contribution >= 0.6 is 0 Å². The standard InChI is InChI=1S/C14H24O/c1-11-5-6-12-13(2,9-11)7-4-8-14(12,3)10-15/h5,12,15H,4,6-10H2,1-3H3/t12?,13-,14-/m1/s1. The van der Waals surface area contributed by atoms with Crippen LogP contribution in [0.2, 0.25) is 0 Å². The highest BCUT2D eigenvalue weighted by Crippen LogP contribution is 2.57. The summed E-state index contributed by atoms with van der Waals surface area (Å²) in [6.45, 7) is 7.33. The van der Waals surface area contributed by atoms with Crippen molar-refractivity contribution >= 4 is 0 Å². The minimum Gasteiger partial charge on any atom is -0.396 e. The Labute approximate surface area is 93.6 Å². The average molecular weight is 208 g/mol. The molecule has 0 bridgehead atoms. The van der Waals surface area contributed by atoms with E-state index in [9.17, 15) is 5.11 Å². The molecule has 15 heavy (non-hydrogen) atoms. The maximum atomic E-state index is 9.65. The van der Waals surface area contributed by atoms with Gasteiger partial charge in [-0.15, -0.1) is 0 Å². The molecular formula is C14H24O. The molecule has 1 fully saturated rings. The summed E-state index contributed by atoms with van der Waals surface area (Å²) in [5.41, 5.74) is 2.18. The van der Waals surface area contributed by atoms with Crippen molar-refractivity contribution in [2.75, 3.05) is 6.61 Å². The van der Waals surface area contributed by atoms with Crippen molar-refractivity contribution in [3.63, 3.8) is 0 Å². The van der Waals surface area contributed by atoms with Crippen LogP contribution in [0.4, 0.5) is 0 Å². The fourth-order valence-corrected chi connectivity index (χ4v) is 4.08. The number of aliphatic hydroxyl groups excluding tert-OH is 1. The fraction of sp³-hybridized carbons (Fsp3) is 0.857. The summed E-state index contributed by atoms with van der Waals surface area (Å²) in [7, 11) is 0. The van der Waals surface area contributed by atoms with Gasteiger partial charge in [-0.05, 0) is 49.4 Å². The van der Waals surface area contributed by atoms with Gasteiger partial charge in [0.05, 0.1) is 0 Å². The zero-order valence-corrected chi connectivity index (χ0v) is 10.3. The van der Waals surface area contributed by atoms with E-state index in [4.69, 9.17) is 0 Å². The summed E-state index contributed by atoms with van der Waals surface area (Å²) < 4.78 is 0. The number of aliphatic hydroxyl groups is 1. The molecule has 0 saturated heterocycles. The van der Waals surface area contributed by atoms with Gasteiger partial charge < -0.3 is 5.11 Å². The van der Waals surface area contributed by atoms with Crippen LogP contribution in [0.5, 0.6) is 0 Å². The smallest absolute Gasteiger partial charge is 0.0487 e. The highest BCUT2D eigenvalue weighted by atomic mass is 16.3. The molecule has 86 valence electrons. The predicted octanol–water partition coefficient (Wildman–Crippen LogP) is 3.53. The Morgan fingerprint density at radius 1 is 1.40 bits per heavy atom. The molecule has 0 aromatic carbocycles. The topological polar surface area (TPSA) is 20.2 Å². The molecule has 2 aliphatic rings. The molecule has 1 saturated carbocycles. The normalized spacial score (nSPS) is 45.9. The van der Waals surface area contributed by atoms with Crippen molar-refractivity contribution in [3.8, 4) is 0 Å². The van der Waals surface area contributed by atoms with E-state index in [0.29, 0.717) is 17.9 Å². The van der Waals surface area contributed by atoms with E-state index in [2.05, 4.69) is 26.8 Å². The first-order valence-electron chi connectivity index (χ1n) is 6.27. The monoisotopic (exact) mass is 208 g/mol. The first-order chi connectivity index (χ1) is 7.00. The molecule has 1 heteroatoms. The van der Waals surface area contributed by atoms with Crippen molar-refractivity contribution in [1.82, 2.24) is 0 Å². The van der Waals surface area contributed by atoms with Crippen LogP contribution < -0.4 is 0 Å². The lowest BCUT2D eigenvalue weighted by Crippen LogP contribution is -2.46. The van der Waals surface area contributed by atoms with E-state index in [0.717, 1.165) is 0 Å². The Morgan fingerprint density at radius 2 is 2.13 bits per heavy atom. The van der Waals surface area contributed by atoms with Gasteiger partial charge in [0.25, 0.3) is 0 Å².